The predicted octanol–water partition coefficient (Wildman–Crippen LogP) is 1.91. The molecule has 3 rings (SSSR count). The molecule has 206 valence electrons. The Labute approximate surface area is 217 Å². The number of carbonyl (C=O) groups is 1. The Hall–Kier alpha value is -1.21. The largest absolute Gasteiger partial charge is 0.481 e. The van der Waals surface area contributed by atoms with Gasteiger partial charge in [0, 0.05) is 42.5 Å². The summed E-state index contributed by atoms with van der Waals surface area (Å²) >= 11 is 0. The first-order valence-corrected chi connectivity index (χ1v) is 14.1. The van der Waals surface area contributed by atoms with Crippen molar-refractivity contribution in [3.05, 3.63) is 0 Å². The molecule has 0 radical (unpaired) electrons. The van der Waals surface area contributed by atoms with Crippen molar-refractivity contribution in [3.63, 3.8) is 0 Å². The molecule has 3 aliphatic rings. The molecule has 0 amide bonds. The van der Waals surface area contributed by atoms with Crippen LogP contribution in [-0.2, 0) is 4.79 Å². The topological polar surface area (TPSA) is 134 Å². The Morgan fingerprint density at radius 3 is 2.75 bits per heavy atom. The summed E-state index contributed by atoms with van der Waals surface area (Å²) in [5.74, 6) is 5.97. The average molecular weight is 508 g/mol. The summed E-state index contributed by atoms with van der Waals surface area (Å²) in [6, 6.07) is 0.677. The van der Waals surface area contributed by atoms with E-state index in [2.05, 4.69) is 34.7 Å². The third-order valence-corrected chi connectivity index (χ3v) is 8.52. The minimum Gasteiger partial charge on any atom is -0.481 e. The number of aliphatic carboxylic acids is 1. The Balaban J connectivity index is 1.60. The molecule has 0 aliphatic carbocycles. The van der Waals surface area contributed by atoms with Crippen LogP contribution in [0.3, 0.4) is 0 Å². The van der Waals surface area contributed by atoms with E-state index in [0.717, 1.165) is 64.3 Å². The van der Waals surface area contributed by atoms with Crippen LogP contribution in [0, 0.1) is 17.8 Å². The van der Waals surface area contributed by atoms with Crippen molar-refractivity contribution in [2.24, 2.45) is 5.92 Å². The molecule has 7 N–H and O–H groups in total. The second kappa shape index (κ2) is 13.5. The zero-order valence-corrected chi connectivity index (χ0v) is 22.3. The van der Waals surface area contributed by atoms with Crippen LogP contribution < -0.4 is 16.0 Å². The Kier molecular flexibility index (Phi) is 11.0. The van der Waals surface area contributed by atoms with Gasteiger partial charge in [-0.05, 0) is 78.2 Å². The maximum absolute atomic E-state index is 11.5. The smallest absolute Gasteiger partial charge is 0.306 e. The maximum atomic E-state index is 11.5. The molecule has 2 fully saturated rings. The van der Waals surface area contributed by atoms with Gasteiger partial charge in [0.25, 0.3) is 0 Å². The molecule has 0 saturated carbocycles. The molecule has 0 spiro atoms. The second-order valence-electron chi connectivity index (χ2n) is 12.0. The van der Waals surface area contributed by atoms with Gasteiger partial charge in [0.1, 0.15) is 0 Å². The van der Waals surface area contributed by atoms with Gasteiger partial charge in [0.2, 0.25) is 0 Å². The van der Waals surface area contributed by atoms with Gasteiger partial charge in [-0.15, -0.1) is 5.92 Å². The van der Waals surface area contributed by atoms with E-state index in [1.54, 1.807) is 0 Å². The van der Waals surface area contributed by atoms with Crippen molar-refractivity contribution in [3.8, 4) is 11.8 Å². The van der Waals surface area contributed by atoms with Crippen molar-refractivity contribution in [2.45, 2.75) is 139 Å². The number of fused-ring (bicyclic) bond motifs is 2. The summed E-state index contributed by atoms with van der Waals surface area (Å²) in [5, 5.41) is 51.8. The fourth-order valence-corrected chi connectivity index (χ4v) is 6.15. The average Bonchev–Trinajstić information content (AvgIpc) is 2.80. The minimum absolute atomic E-state index is 0.0867. The molecule has 8 unspecified atom stereocenters. The Morgan fingerprint density at radius 2 is 2.00 bits per heavy atom. The highest BCUT2D eigenvalue weighted by Crippen LogP contribution is 2.27. The number of rotatable bonds is 7. The lowest BCUT2D eigenvalue weighted by Gasteiger charge is -2.41. The number of carboxylic acid groups (broad SMARTS) is 1. The molecule has 8 nitrogen and oxygen atoms in total. The van der Waals surface area contributed by atoms with Crippen LogP contribution in [-0.4, -0.2) is 81.0 Å². The number of nitrogens with one attached hydrogen (secondary N) is 3. The van der Waals surface area contributed by atoms with Crippen molar-refractivity contribution >= 4 is 5.97 Å². The number of aliphatic hydroxyl groups excluding tert-OH is 2. The molecule has 2 bridgehead atoms. The van der Waals surface area contributed by atoms with Crippen LogP contribution in [0.4, 0.5) is 0 Å². The highest BCUT2D eigenvalue weighted by Gasteiger charge is 2.36. The fourth-order valence-electron chi connectivity index (χ4n) is 6.15. The standard InChI is InChI=1S/C28H49N3O5/c1-20-25(33)12-10-22(31-20)9-11-24(32)16-21-6-3-4-13-28(36,18-26(34)35)19-30-27(2)14-15-29-23(17-27)8-5-7-21/h20-25,29-33,36H,3-4,6,8-19H2,1-2H3,(H,34,35). The molecule has 8 atom stereocenters. The van der Waals surface area contributed by atoms with Gasteiger partial charge < -0.3 is 36.4 Å². The zero-order chi connectivity index (χ0) is 26.2. The lowest BCUT2D eigenvalue weighted by molar-refractivity contribution is -0.143. The molecule has 36 heavy (non-hydrogen) atoms. The summed E-state index contributed by atoms with van der Waals surface area (Å²) < 4.78 is 0. The van der Waals surface area contributed by atoms with Crippen LogP contribution in [0.2, 0.25) is 0 Å². The van der Waals surface area contributed by atoms with E-state index in [4.69, 9.17) is 0 Å². The lowest BCUT2D eigenvalue weighted by atomic mass is 9.82. The van der Waals surface area contributed by atoms with Crippen molar-refractivity contribution in [2.75, 3.05) is 13.1 Å². The van der Waals surface area contributed by atoms with Gasteiger partial charge in [-0.3, -0.25) is 4.79 Å². The summed E-state index contributed by atoms with van der Waals surface area (Å²) in [4.78, 5) is 11.5. The summed E-state index contributed by atoms with van der Waals surface area (Å²) in [5.41, 5.74) is -1.43. The maximum Gasteiger partial charge on any atom is 0.306 e. The SMILES string of the molecule is CC1NC(CCC(O)CC2C#CCC3CC(C)(CCN3)NCC(O)(CC(=O)O)CCCC2)CCC1O. The van der Waals surface area contributed by atoms with Crippen LogP contribution in [0.25, 0.3) is 0 Å². The molecule has 0 aromatic rings. The van der Waals surface area contributed by atoms with Gasteiger partial charge in [-0.2, -0.15) is 0 Å². The van der Waals surface area contributed by atoms with E-state index in [-0.39, 0.29) is 42.6 Å². The number of hydrogen-bond acceptors (Lipinski definition) is 7. The van der Waals surface area contributed by atoms with E-state index in [1.807, 2.05) is 6.92 Å². The lowest BCUT2D eigenvalue weighted by Crippen LogP contribution is -2.57. The summed E-state index contributed by atoms with van der Waals surface area (Å²) in [7, 11) is 0. The quantitative estimate of drug-likeness (QED) is 0.260. The molecular formula is C28H49N3O5. The first-order chi connectivity index (χ1) is 17.1. The molecule has 3 heterocycles. The second-order valence-corrected chi connectivity index (χ2v) is 12.0. The van der Waals surface area contributed by atoms with Crippen LogP contribution >= 0.6 is 0 Å². The predicted molar refractivity (Wildman–Crippen MR) is 140 cm³/mol. The minimum atomic E-state index is -1.27. The first-order valence-electron chi connectivity index (χ1n) is 14.1. The van der Waals surface area contributed by atoms with Gasteiger partial charge in [0.15, 0.2) is 0 Å². The zero-order valence-electron chi connectivity index (χ0n) is 22.3. The number of piperidine rings is 2. The number of hydrogen-bond donors (Lipinski definition) is 7. The molecule has 0 aromatic heterocycles. The van der Waals surface area contributed by atoms with Crippen molar-refractivity contribution < 1.29 is 25.2 Å². The van der Waals surface area contributed by atoms with E-state index in [0.29, 0.717) is 25.3 Å². The van der Waals surface area contributed by atoms with E-state index in [1.165, 1.54) is 0 Å². The van der Waals surface area contributed by atoms with Crippen LogP contribution in [0.15, 0.2) is 0 Å². The van der Waals surface area contributed by atoms with E-state index < -0.39 is 17.7 Å². The number of β-amino-alcohol motifs (C(OH)–C–C–N with tert-alkyl or cyclic N) is 1. The number of aliphatic hydroxyl groups is 3. The third-order valence-electron chi connectivity index (χ3n) is 8.52. The normalized spacial score (nSPS) is 39.3. The van der Waals surface area contributed by atoms with Gasteiger partial charge in [-0.1, -0.05) is 18.8 Å². The van der Waals surface area contributed by atoms with Gasteiger partial charge in [-0.25, -0.2) is 0 Å². The number of carboxylic acids is 1. The van der Waals surface area contributed by atoms with E-state index in [9.17, 15) is 25.2 Å². The van der Waals surface area contributed by atoms with Crippen LogP contribution in [0.5, 0.6) is 0 Å². The van der Waals surface area contributed by atoms with Gasteiger partial charge >= 0.3 is 5.97 Å². The first kappa shape index (κ1) is 29.3. The summed E-state index contributed by atoms with van der Waals surface area (Å²) in [6.45, 7) is 5.31. The van der Waals surface area contributed by atoms with Crippen molar-refractivity contribution in [1.29, 1.82) is 0 Å². The monoisotopic (exact) mass is 507 g/mol. The molecule has 2 saturated heterocycles. The fraction of sp³-hybridized carbons (Fsp3) is 0.893. The van der Waals surface area contributed by atoms with E-state index >= 15 is 0 Å². The van der Waals surface area contributed by atoms with Crippen LogP contribution in [0.1, 0.15) is 97.3 Å². The molecule has 8 heteroatoms. The summed E-state index contributed by atoms with van der Waals surface area (Å²) in [6.07, 6.45) is 8.39. The molecule has 3 aliphatic heterocycles. The molecular weight excluding hydrogens is 458 g/mol. The Bertz CT molecular complexity index is 770. The Morgan fingerprint density at radius 1 is 1.19 bits per heavy atom. The molecule has 0 aromatic carbocycles. The highest BCUT2D eigenvalue weighted by molar-refractivity contribution is 5.68. The third kappa shape index (κ3) is 9.59. The van der Waals surface area contributed by atoms with Gasteiger partial charge in [0.05, 0.1) is 24.2 Å². The van der Waals surface area contributed by atoms with Crippen molar-refractivity contribution in [1.82, 2.24) is 16.0 Å². The highest BCUT2D eigenvalue weighted by atomic mass is 16.4.